The first-order chi connectivity index (χ1) is 8.25. The predicted octanol–water partition coefficient (Wildman–Crippen LogP) is 0.542. The molecule has 0 bridgehead atoms. The molecule has 0 aromatic rings. The van der Waals surface area contributed by atoms with Gasteiger partial charge in [0, 0.05) is 33.4 Å². The molecule has 5 nitrogen and oxygen atoms in total. The molecule has 98 valence electrons. The zero-order valence-corrected chi connectivity index (χ0v) is 10.5. The largest absolute Gasteiger partial charge is 0.385 e. The fourth-order valence-electron chi connectivity index (χ4n) is 1.91. The number of nitrogens with one attached hydrogen (secondary N) is 1. The first-order valence-electron chi connectivity index (χ1n) is 6.31. The lowest BCUT2D eigenvalue weighted by Gasteiger charge is -2.19. The maximum Gasteiger partial charge on any atom is 0.311 e. The van der Waals surface area contributed by atoms with E-state index in [1.54, 1.807) is 12.0 Å². The molecule has 1 saturated heterocycles. The maximum absolute atomic E-state index is 11.8. The maximum atomic E-state index is 11.8. The van der Waals surface area contributed by atoms with E-state index in [0.29, 0.717) is 26.2 Å². The van der Waals surface area contributed by atoms with Gasteiger partial charge in [0.2, 0.25) is 0 Å². The van der Waals surface area contributed by atoms with Gasteiger partial charge in [0.15, 0.2) is 0 Å². The molecule has 0 unspecified atom stereocenters. The summed E-state index contributed by atoms with van der Waals surface area (Å²) in [6.07, 6.45) is 5.04. The number of ether oxygens (including phenoxy) is 1. The van der Waals surface area contributed by atoms with Crippen molar-refractivity contribution in [1.82, 2.24) is 10.2 Å². The molecule has 0 aromatic heterocycles. The summed E-state index contributed by atoms with van der Waals surface area (Å²) in [4.78, 5) is 25.0. The second kappa shape index (κ2) is 8.06. The number of nitrogens with zero attached hydrogens (tertiary/aromatic N) is 1. The zero-order valence-electron chi connectivity index (χ0n) is 10.5. The summed E-state index contributed by atoms with van der Waals surface area (Å²) in [5, 5.41) is 2.62. The minimum absolute atomic E-state index is 0.385. The highest BCUT2D eigenvalue weighted by Gasteiger charge is 2.21. The second-order valence-corrected chi connectivity index (χ2v) is 4.31. The lowest BCUT2D eigenvalue weighted by Crippen LogP contribution is -2.43. The molecule has 0 aromatic carbocycles. The molecule has 17 heavy (non-hydrogen) atoms. The number of likely N-dealkylation sites (tertiary alicyclic amines) is 1. The molecule has 1 N–H and O–H groups in total. The molecule has 1 rings (SSSR count). The number of hydrogen-bond acceptors (Lipinski definition) is 3. The van der Waals surface area contributed by atoms with Crippen LogP contribution in [0.15, 0.2) is 0 Å². The van der Waals surface area contributed by atoms with E-state index in [2.05, 4.69) is 5.32 Å². The standard InChI is InChI=1S/C12H22N2O3/c1-17-10-6-7-13-11(15)12(16)14-8-4-2-3-5-9-14/h2-10H2,1H3,(H,13,15). The Morgan fingerprint density at radius 2 is 1.82 bits per heavy atom. The summed E-state index contributed by atoms with van der Waals surface area (Å²) in [5.74, 6) is -0.868. The van der Waals surface area contributed by atoms with Gasteiger partial charge >= 0.3 is 11.8 Å². The van der Waals surface area contributed by atoms with Crippen LogP contribution < -0.4 is 5.32 Å². The van der Waals surface area contributed by atoms with Crippen LogP contribution in [-0.4, -0.2) is 50.1 Å². The smallest absolute Gasteiger partial charge is 0.311 e. The third-order valence-electron chi connectivity index (χ3n) is 2.90. The van der Waals surface area contributed by atoms with E-state index in [0.717, 1.165) is 32.1 Å². The van der Waals surface area contributed by atoms with Gasteiger partial charge in [-0.05, 0) is 19.3 Å². The first kappa shape index (κ1) is 14.0. The lowest BCUT2D eigenvalue weighted by atomic mass is 10.2. The van der Waals surface area contributed by atoms with Gasteiger partial charge in [-0.3, -0.25) is 9.59 Å². The Hall–Kier alpha value is -1.10. The zero-order chi connectivity index (χ0) is 12.5. The minimum Gasteiger partial charge on any atom is -0.385 e. The van der Waals surface area contributed by atoms with Crippen molar-refractivity contribution in [3.63, 3.8) is 0 Å². The van der Waals surface area contributed by atoms with Crippen molar-refractivity contribution in [3.05, 3.63) is 0 Å². The number of methoxy groups -OCH3 is 1. The summed E-state index contributed by atoms with van der Waals surface area (Å²) < 4.78 is 4.87. The Kier molecular flexibility index (Phi) is 6.62. The molecule has 0 spiro atoms. The van der Waals surface area contributed by atoms with E-state index in [1.165, 1.54) is 0 Å². The number of amides is 2. The molecule has 1 aliphatic heterocycles. The summed E-state index contributed by atoms with van der Waals surface area (Å²) in [5.41, 5.74) is 0. The quantitative estimate of drug-likeness (QED) is 0.578. The minimum atomic E-state index is -0.483. The van der Waals surface area contributed by atoms with Gasteiger partial charge in [-0.2, -0.15) is 0 Å². The number of rotatable bonds is 4. The fraction of sp³-hybridized carbons (Fsp3) is 0.833. The van der Waals surface area contributed by atoms with Gasteiger partial charge in [0.25, 0.3) is 0 Å². The molecule has 2 amide bonds. The molecule has 1 heterocycles. The monoisotopic (exact) mass is 242 g/mol. The normalized spacial score (nSPS) is 16.4. The van der Waals surface area contributed by atoms with E-state index < -0.39 is 5.91 Å². The third kappa shape index (κ3) is 5.17. The van der Waals surface area contributed by atoms with E-state index in [-0.39, 0.29) is 5.91 Å². The van der Waals surface area contributed by atoms with Crippen LogP contribution in [0.1, 0.15) is 32.1 Å². The molecule has 0 radical (unpaired) electrons. The van der Waals surface area contributed by atoms with Crippen LogP contribution in [0, 0.1) is 0 Å². The Morgan fingerprint density at radius 3 is 2.41 bits per heavy atom. The van der Waals surface area contributed by atoms with Gasteiger partial charge in [0.05, 0.1) is 0 Å². The van der Waals surface area contributed by atoms with E-state index >= 15 is 0 Å². The van der Waals surface area contributed by atoms with E-state index in [9.17, 15) is 9.59 Å². The van der Waals surface area contributed by atoms with Crippen molar-refractivity contribution in [2.24, 2.45) is 0 Å². The average Bonchev–Trinajstić information content (AvgIpc) is 2.62. The highest BCUT2D eigenvalue weighted by Crippen LogP contribution is 2.09. The second-order valence-electron chi connectivity index (χ2n) is 4.31. The van der Waals surface area contributed by atoms with Crippen LogP contribution in [0.2, 0.25) is 0 Å². The van der Waals surface area contributed by atoms with Crippen molar-refractivity contribution in [3.8, 4) is 0 Å². The highest BCUT2D eigenvalue weighted by atomic mass is 16.5. The molecule has 1 aliphatic rings. The summed E-state index contributed by atoms with van der Waals surface area (Å²) in [6.45, 7) is 2.51. The van der Waals surface area contributed by atoms with Crippen LogP contribution in [0.25, 0.3) is 0 Å². The topological polar surface area (TPSA) is 58.6 Å². The van der Waals surface area contributed by atoms with Crippen molar-refractivity contribution in [2.45, 2.75) is 32.1 Å². The van der Waals surface area contributed by atoms with Gasteiger partial charge in [-0.25, -0.2) is 0 Å². The number of carbonyl (C=O) groups excluding carboxylic acids is 2. The van der Waals surface area contributed by atoms with Crippen molar-refractivity contribution >= 4 is 11.8 Å². The molecular weight excluding hydrogens is 220 g/mol. The van der Waals surface area contributed by atoms with Gasteiger partial charge in [0.1, 0.15) is 0 Å². The van der Waals surface area contributed by atoms with Crippen molar-refractivity contribution in [2.75, 3.05) is 33.4 Å². The molecule has 1 fully saturated rings. The van der Waals surface area contributed by atoms with Gasteiger partial charge in [-0.1, -0.05) is 12.8 Å². The molecule has 0 saturated carbocycles. The fourth-order valence-corrected chi connectivity index (χ4v) is 1.91. The SMILES string of the molecule is COCCCNC(=O)C(=O)N1CCCCCC1. The number of carbonyl (C=O) groups is 2. The van der Waals surface area contributed by atoms with Crippen LogP contribution in [0.4, 0.5) is 0 Å². The Morgan fingerprint density at radius 1 is 1.18 bits per heavy atom. The average molecular weight is 242 g/mol. The van der Waals surface area contributed by atoms with E-state index in [4.69, 9.17) is 4.74 Å². The molecule has 5 heteroatoms. The first-order valence-corrected chi connectivity index (χ1v) is 6.31. The molecule has 0 atom stereocenters. The van der Waals surface area contributed by atoms with Crippen LogP contribution in [0.3, 0.4) is 0 Å². The highest BCUT2D eigenvalue weighted by molar-refractivity contribution is 6.34. The lowest BCUT2D eigenvalue weighted by molar-refractivity contribution is -0.145. The van der Waals surface area contributed by atoms with Crippen molar-refractivity contribution in [1.29, 1.82) is 0 Å². The predicted molar refractivity (Wildman–Crippen MR) is 64.6 cm³/mol. The number of hydrogen-bond donors (Lipinski definition) is 1. The van der Waals surface area contributed by atoms with Crippen LogP contribution in [0.5, 0.6) is 0 Å². The van der Waals surface area contributed by atoms with Crippen molar-refractivity contribution < 1.29 is 14.3 Å². The van der Waals surface area contributed by atoms with Gasteiger partial charge < -0.3 is 15.0 Å². The van der Waals surface area contributed by atoms with E-state index in [1.807, 2.05) is 0 Å². The van der Waals surface area contributed by atoms with Gasteiger partial charge in [-0.15, -0.1) is 0 Å². The van der Waals surface area contributed by atoms with Crippen LogP contribution >= 0.6 is 0 Å². The Bertz CT molecular complexity index is 248. The Labute approximate surface area is 102 Å². The Balaban J connectivity index is 2.27. The molecule has 0 aliphatic carbocycles. The molecular formula is C12H22N2O3. The third-order valence-corrected chi connectivity index (χ3v) is 2.90. The summed E-state index contributed by atoms with van der Waals surface area (Å²) in [6, 6.07) is 0. The summed E-state index contributed by atoms with van der Waals surface area (Å²) >= 11 is 0. The summed E-state index contributed by atoms with van der Waals surface area (Å²) in [7, 11) is 1.62. The van der Waals surface area contributed by atoms with Crippen LogP contribution in [-0.2, 0) is 14.3 Å².